The van der Waals surface area contributed by atoms with Gasteiger partial charge in [0.25, 0.3) is 0 Å². The van der Waals surface area contributed by atoms with Gasteiger partial charge in [0.05, 0.1) is 13.0 Å². The van der Waals surface area contributed by atoms with E-state index in [0.717, 1.165) is 43.7 Å². The van der Waals surface area contributed by atoms with Crippen molar-refractivity contribution in [2.75, 3.05) is 20.2 Å². The highest BCUT2D eigenvalue weighted by molar-refractivity contribution is 7.80. The van der Waals surface area contributed by atoms with Crippen molar-refractivity contribution >= 4 is 28.8 Å². The molecule has 2 atom stereocenters. The van der Waals surface area contributed by atoms with Gasteiger partial charge in [-0.15, -0.1) is 0 Å². The fourth-order valence-electron chi connectivity index (χ4n) is 3.91. The molecule has 0 amide bonds. The second-order valence-electron chi connectivity index (χ2n) is 7.40. The standard InChI is InChI=1S/C24H26NO4S/c1-29-19-12-10-17(11-13-19)22(25-14-6-3-7-15-25)20(24(28)30)16-21(26)23(27)18-8-4-2-5-9-18/h2,4-5,8-13,16,20,22H,3,6-7,14-15H2,1H3,(H,28,30). The van der Waals surface area contributed by atoms with Crippen LogP contribution < -0.4 is 4.74 Å². The van der Waals surface area contributed by atoms with E-state index in [9.17, 15) is 14.7 Å². The summed E-state index contributed by atoms with van der Waals surface area (Å²) in [6.45, 7) is 1.68. The van der Waals surface area contributed by atoms with E-state index in [4.69, 9.17) is 17.0 Å². The molecule has 157 valence electrons. The molecule has 1 heterocycles. The van der Waals surface area contributed by atoms with Crippen LogP contribution >= 0.6 is 12.2 Å². The average molecular weight is 425 g/mol. The number of nitrogens with zero attached hydrogens (tertiary/aromatic N) is 1. The molecular formula is C24H26NO4S. The lowest BCUT2D eigenvalue weighted by atomic mass is 9.85. The first-order valence-electron chi connectivity index (χ1n) is 10.1. The number of likely N-dealkylation sites (tertiary alicyclic amines) is 1. The number of piperidine rings is 1. The molecule has 6 heteroatoms. The maximum absolute atomic E-state index is 12.8. The van der Waals surface area contributed by atoms with Crippen LogP contribution in [-0.2, 0) is 4.79 Å². The third kappa shape index (κ3) is 5.32. The number of hydrogen-bond donors (Lipinski definition) is 1. The van der Waals surface area contributed by atoms with Gasteiger partial charge in [-0.05, 0) is 55.8 Å². The number of benzene rings is 2. The number of rotatable bonds is 9. The molecule has 2 aromatic carbocycles. The molecule has 0 aliphatic carbocycles. The molecule has 1 fully saturated rings. The van der Waals surface area contributed by atoms with Crippen molar-refractivity contribution in [1.29, 1.82) is 0 Å². The van der Waals surface area contributed by atoms with E-state index in [1.807, 2.05) is 24.3 Å². The summed E-state index contributed by atoms with van der Waals surface area (Å²) >= 11 is 5.14. The summed E-state index contributed by atoms with van der Waals surface area (Å²) in [4.78, 5) is 27.6. The molecule has 30 heavy (non-hydrogen) atoms. The molecule has 3 rings (SSSR count). The molecule has 2 aromatic rings. The highest BCUT2D eigenvalue weighted by Gasteiger charge is 2.36. The summed E-state index contributed by atoms with van der Waals surface area (Å²) in [7, 11) is 1.60. The third-order valence-corrected chi connectivity index (χ3v) is 5.73. The van der Waals surface area contributed by atoms with Crippen molar-refractivity contribution < 1.29 is 19.4 Å². The van der Waals surface area contributed by atoms with Crippen LogP contribution in [0.3, 0.4) is 0 Å². The van der Waals surface area contributed by atoms with E-state index in [2.05, 4.69) is 4.90 Å². The number of aliphatic hydroxyl groups is 1. The fourth-order valence-corrected chi connectivity index (χ4v) is 4.11. The predicted molar refractivity (Wildman–Crippen MR) is 120 cm³/mol. The van der Waals surface area contributed by atoms with Crippen LogP contribution in [0.25, 0.3) is 0 Å². The van der Waals surface area contributed by atoms with E-state index < -0.39 is 17.5 Å². The quantitative estimate of drug-likeness (QED) is 0.366. The first-order valence-corrected chi connectivity index (χ1v) is 10.5. The van der Waals surface area contributed by atoms with Gasteiger partial charge in [-0.3, -0.25) is 14.5 Å². The Morgan fingerprint density at radius 3 is 2.23 bits per heavy atom. The van der Waals surface area contributed by atoms with Crippen molar-refractivity contribution in [2.24, 2.45) is 5.92 Å². The van der Waals surface area contributed by atoms with Gasteiger partial charge in [0.15, 0.2) is 5.05 Å². The second kappa shape index (κ2) is 10.5. The SMILES string of the molecule is COc1ccc(C(C([CH]C(=O)C(=O)c2ccccc2)C(O)=S)N2CCCCC2)cc1. The van der Waals surface area contributed by atoms with Gasteiger partial charge in [-0.1, -0.05) is 48.9 Å². The van der Waals surface area contributed by atoms with Crippen molar-refractivity contribution in [2.45, 2.75) is 25.3 Å². The lowest BCUT2D eigenvalue weighted by Gasteiger charge is -2.38. The number of thiocarbonyl (C=S) groups is 1. The average Bonchev–Trinajstić information content (AvgIpc) is 2.79. The molecule has 0 bridgehead atoms. The zero-order valence-corrected chi connectivity index (χ0v) is 17.8. The first kappa shape index (κ1) is 22.1. The lowest BCUT2D eigenvalue weighted by Crippen LogP contribution is -2.41. The first-order chi connectivity index (χ1) is 14.5. The normalized spacial score (nSPS) is 16.4. The van der Waals surface area contributed by atoms with E-state index in [-0.39, 0.29) is 11.1 Å². The number of hydrogen-bond acceptors (Lipinski definition) is 5. The summed E-state index contributed by atoms with van der Waals surface area (Å²) in [5, 5.41) is 10.1. The van der Waals surface area contributed by atoms with Gasteiger partial charge in [0, 0.05) is 18.0 Å². The molecular weight excluding hydrogens is 398 g/mol. The maximum atomic E-state index is 12.8. The number of aliphatic hydroxyl groups excluding tert-OH is 1. The lowest BCUT2D eigenvalue weighted by molar-refractivity contribution is -0.112. The van der Waals surface area contributed by atoms with Gasteiger partial charge >= 0.3 is 0 Å². The summed E-state index contributed by atoms with van der Waals surface area (Å²) < 4.78 is 5.25. The highest BCUT2D eigenvalue weighted by Crippen LogP contribution is 2.35. The molecule has 2 unspecified atom stereocenters. The number of carbonyl (C=O) groups excluding carboxylic acids is 2. The molecule has 1 N–H and O–H groups in total. The third-order valence-electron chi connectivity index (χ3n) is 5.46. The minimum absolute atomic E-state index is 0.296. The van der Waals surface area contributed by atoms with Crippen LogP contribution in [0.2, 0.25) is 0 Å². The summed E-state index contributed by atoms with van der Waals surface area (Å²) in [5.74, 6) is -1.33. The van der Waals surface area contributed by atoms with Gasteiger partial charge in [-0.25, -0.2) is 0 Å². The van der Waals surface area contributed by atoms with E-state index in [1.165, 1.54) is 6.42 Å². The van der Waals surface area contributed by atoms with E-state index >= 15 is 0 Å². The van der Waals surface area contributed by atoms with Crippen LogP contribution in [0.1, 0.15) is 41.2 Å². The molecule has 1 aliphatic rings. The Labute approximate surface area is 182 Å². The minimum atomic E-state index is -0.772. The molecule has 1 radical (unpaired) electrons. The zero-order chi connectivity index (χ0) is 21.5. The second-order valence-corrected chi connectivity index (χ2v) is 7.82. The topological polar surface area (TPSA) is 66.8 Å². The number of ketones is 2. The predicted octanol–water partition coefficient (Wildman–Crippen LogP) is 4.38. The number of Topliss-reactive ketones (excluding diaryl/α,β-unsaturated/α-hetero) is 2. The van der Waals surface area contributed by atoms with Crippen LogP contribution in [0.5, 0.6) is 5.75 Å². The van der Waals surface area contributed by atoms with Crippen molar-refractivity contribution in [3.8, 4) is 5.75 Å². The monoisotopic (exact) mass is 424 g/mol. The van der Waals surface area contributed by atoms with Crippen LogP contribution in [-0.4, -0.2) is 46.8 Å². The summed E-state index contributed by atoms with van der Waals surface area (Å²) in [6, 6.07) is 15.6. The van der Waals surface area contributed by atoms with E-state index in [1.54, 1.807) is 37.4 Å². The summed E-state index contributed by atoms with van der Waals surface area (Å²) in [5.41, 5.74) is 1.23. The maximum Gasteiger partial charge on any atom is 0.228 e. The Morgan fingerprint density at radius 2 is 1.67 bits per heavy atom. The number of ether oxygens (including phenoxy) is 1. The molecule has 0 spiro atoms. The Bertz CT molecular complexity index is 876. The van der Waals surface area contributed by atoms with Crippen LogP contribution in [0.4, 0.5) is 0 Å². The molecule has 1 aliphatic heterocycles. The van der Waals surface area contributed by atoms with Gasteiger partial charge in [0.1, 0.15) is 5.75 Å². The Balaban J connectivity index is 1.89. The molecule has 0 aromatic heterocycles. The largest absolute Gasteiger partial charge is 0.502 e. The van der Waals surface area contributed by atoms with Gasteiger partial charge < -0.3 is 9.84 Å². The Hall–Kier alpha value is -2.57. The smallest absolute Gasteiger partial charge is 0.228 e. The minimum Gasteiger partial charge on any atom is -0.502 e. The fraction of sp³-hybridized carbons (Fsp3) is 0.333. The van der Waals surface area contributed by atoms with E-state index in [0.29, 0.717) is 5.56 Å². The van der Waals surface area contributed by atoms with Crippen molar-refractivity contribution in [3.63, 3.8) is 0 Å². The number of methoxy groups -OCH3 is 1. The van der Waals surface area contributed by atoms with Crippen LogP contribution in [0.15, 0.2) is 54.6 Å². The Kier molecular flexibility index (Phi) is 7.71. The van der Waals surface area contributed by atoms with Crippen molar-refractivity contribution in [1.82, 2.24) is 4.90 Å². The molecule has 1 saturated heterocycles. The van der Waals surface area contributed by atoms with Gasteiger partial charge in [-0.2, -0.15) is 0 Å². The zero-order valence-electron chi connectivity index (χ0n) is 17.0. The number of carbonyl (C=O) groups is 2. The van der Waals surface area contributed by atoms with Crippen LogP contribution in [0, 0.1) is 12.3 Å². The van der Waals surface area contributed by atoms with Crippen molar-refractivity contribution in [3.05, 3.63) is 72.1 Å². The molecule has 5 nitrogen and oxygen atoms in total. The molecule has 0 saturated carbocycles. The van der Waals surface area contributed by atoms with Gasteiger partial charge in [0.2, 0.25) is 11.6 Å². The highest BCUT2D eigenvalue weighted by atomic mass is 32.1. The summed E-state index contributed by atoms with van der Waals surface area (Å²) in [6.07, 6.45) is 4.50. The Morgan fingerprint density at radius 1 is 1.03 bits per heavy atom.